The lowest BCUT2D eigenvalue weighted by atomic mass is 10.2. The van der Waals surface area contributed by atoms with Crippen LogP contribution < -0.4 is 10.1 Å². The third-order valence-electron chi connectivity index (χ3n) is 2.39. The highest BCUT2D eigenvalue weighted by Gasteiger charge is 2.04. The molecule has 0 aliphatic rings. The number of methoxy groups -OCH3 is 1. The lowest BCUT2D eigenvalue weighted by molar-refractivity contribution is 0.410. The molecule has 90 valence electrons. The molecule has 1 aromatic heterocycles. The quantitative estimate of drug-likeness (QED) is 0.885. The van der Waals surface area contributed by atoms with Gasteiger partial charge in [-0.05, 0) is 12.5 Å². The Labute approximate surface area is 105 Å². The van der Waals surface area contributed by atoms with Crippen LogP contribution in [0.15, 0.2) is 24.3 Å². The van der Waals surface area contributed by atoms with E-state index < -0.39 is 0 Å². The van der Waals surface area contributed by atoms with Crippen molar-refractivity contribution in [1.82, 2.24) is 10.2 Å². The molecular formula is C12H15N3OS. The average Bonchev–Trinajstić information content (AvgIpc) is 2.84. The highest BCUT2D eigenvalue weighted by atomic mass is 32.1. The van der Waals surface area contributed by atoms with E-state index in [0.29, 0.717) is 6.54 Å². The Morgan fingerprint density at radius 2 is 2.12 bits per heavy atom. The van der Waals surface area contributed by atoms with Crippen LogP contribution in [0.2, 0.25) is 0 Å². The first kappa shape index (κ1) is 11.9. The Kier molecular flexibility index (Phi) is 3.93. The second-order valence-corrected chi connectivity index (χ2v) is 4.58. The zero-order valence-electron chi connectivity index (χ0n) is 9.93. The zero-order chi connectivity index (χ0) is 12.1. The topological polar surface area (TPSA) is 47.0 Å². The van der Waals surface area contributed by atoms with Crippen molar-refractivity contribution in [3.8, 4) is 5.75 Å². The second-order valence-electron chi connectivity index (χ2n) is 3.52. The average molecular weight is 249 g/mol. The molecule has 4 nitrogen and oxygen atoms in total. The fraction of sp³-hybridized carbons (Fsp3) is 0.333. The van der Waals surface area contributed by atoms with Crippen LogP contribution in [-0.4, -0.2) is 17.3 Å². The number of nitrogens with zero attached hydrogens (tertiary/aromatic N) is 2. The van der Waals surface area contributed by atoms with Crippen molar-refractivity contribution >= 4 is 16.5 Å². The maximum atomic E-state index is 5.29. The summed E-state index contributed by atoms with van der Waals surface area (Å²) >= 11 is 1.59. The number of nitrogens with one attached hydrogen (secondary N) is 1. The van der Waals surface area contributed by atoms with Gasteiger partial charge in [0.2, 0.25) is 5.13 Å². The Morgan fingerprint density at radius 3 is 2.82 bits per heavy atom. The number of para-hydroxylation sites is 1. The molecule has 1 heterocycles. The van der Waals surface area contributed by atoms with E-state index in [-0.39, 0.29) is 0 Å². The summed E-state index contributed by atoms with van der Waals surface area (Å²) in [5.41, 5.74) is 1.11. The molecule has 0 saturated heterocycles. The third-order valence-corrected chi connectivity index (χ3v) is 3.42. The van der Waals surface area contributed by atoms with Crippen LogP contribution in [0, 0.1) is 0 Å². The summed E-state index contributed by atoms with van der Waals surface area (Å²) in [7, 11) is 1.68. The van der Waals surface area contributed by atoms with E-state index in [9.17, 15) is 0 Å². The van der Waals surface area contributed by atoms with Crippen molar-refractivity contribution in [3.05, 3.63) is 34.8 Å². The van der Waals surface area contributed by atoms with Crippen molar-refractivity contribution in [3.63, 3.8) is 0 Å². The Balaban J connectivity index is 2.01. The molecule has 5 heteroatoms. The molecule has 1 aromatic carbocycles. The van der Waals surface area contributed by atoms with Crippen LogP contribution in [0.4, 0.5) is 5.13 Å². The van der Waals surface area contributed by atoms with Crippen LogP contribution >= 0.6 is 11.3 Å². The number of aryl methyl sites for hydroxylation is 1. The molecule has 0 saturated carbocycles. The smallest absolute Gasteiger partial charge is 0.205 e. The number of benzene rings is 1. The first-order valence-corrected chi connectivity index (χ1v) is 6.33. The molecule has 0 radical (unpaired) electrons. The Hall–Kier alpha value is -1.62. The molecule has 0 fully saturated rings. The summed E-state index contributed by atoms with van der Waals surface area (Å²) in [5.74, 6) is 0.889. The maximum absolute atomic E-state index is 5.29. The highest BCUT2D eigenvalue weighted by Crippen LogP contribution is 2.20. The van der Waals surface area contributed by atoms with Gasteiger partial charge >= 0.3 is 0 Å². The van der Waals surface area contributed by atoms with Gasteiger partial charge < -0.3 is 10.1 Å². The van der Waals surface area contributed by atoms with Gasteiger partial charge in [0.25, 0.3) is 0 Å². The summed E-state index contributed by atoms with van der Waals surface area (Å²) in [6.07, 6.45) is 0.925. The van der Waals surface area contributed by atoms with Crippen molar-refractivity contribution in [2.75, 3.05) is 12.4 Å². The molecule has 2 aromatic rings. The van der Waals surface area contributed by atoms with Gasteiger partial charge in [-0.15, -0.1) is 10.2 Å². The summed E-state index contributed by atoms with van der Waals surface area (Å²) in [5, 5.41) is 13.3. The summed E-state index contributed by atoms with van der Waals surface area (Å²) in [6, 6.07) is 7.95. The van der Waals surface area contributed by atoms with Crippen molar-refractivity contribution in [2.24, 2.45) is 0 Å². The SMILES string of the molecule is CCc1nnc(NCc2ccccc2OC)s1. The fourth-order valence-corrected chi connectivity index (χ4v) is 2.16. The van der Waals surface area contributed by atoms with E-state index in [4.69, 9.17) is 4.74 Å². The number of anilines is 1. The normalized spacial score (nSPS) is 10.2. The minimum Gasteiger partial charge on any atom is -0.496 e. The van der Waals surface area contributed by atoms with E-state index in [0.717, 1.165) is 27.9 Å². The van der Waals surface area contributed by atoms with Gasteiger partial charge in [-0.1, -0.05) is 36.5 Å². The first-order valence-electron chi connectivity index (χ1n) is 5.51. The molecule has 0 aliphatic carbocycles. The standard InChI is InChI=1S/C12H15N3OS/c1-3-11-14-15-12(17-11)13-8-9-6-4-5-7-10(9)16-2/h4-7H,3,8H2,1-2H3,(H,13,15). The summed E-state index contributed by atoms with van der Waals surface area (Å²) in [6.45, 7) is 2.77. The van der Waals surface area contributed by atoms with Gasteiger partial charge in [0, 0.05) is 12.1 Å². The van der Waals surface area contributed by atoms with Crippen molar-refractivity contribution in [1.29, 1.82) is 0 Å². The maximum Gasteiger partial charge on any atom is 0.205 e. The number of ether oxygens (including phenoxy) is 1. The van der Waals surface area contributed by atoms with E-state index in [1.54, 1.807) is 18.4 Å². The second kappa shape index (κ2) is 5.63. The van der Waals surface area contributed by atoms with Crippen LogP contribution in [-0.2, 0) is 13.0 Å². The van der Waals surface area contributed by atoms with Gasteiger partial charge in [0.15, 0.2) is 0 Å². The number of hydrogen-bond donors (Lipinski definition) is 1. The Morgan fingerprint density at radius 1 is 1.29 bits per heavy atom. The molecule has 0 unspecified atom stereocenters. The molecule has 0 bridgehead atoms. The van der Waals surface area contributed by atoms with Crippen LogP contribution in [0.25, 0.3) is 0 Å². The number of hydrogen-bond acceptors (Lipinski definition) is 5. The van der Waals surface area contributed by atoms with E-state index in [2.05, 4.69) is 22.4 Å². The van der Waals surface area contributed by atoms with Gasteiger partial charge in [-0.3, -0.25) is 0 Å². The molecule has 1 N–H and O–H groups in total. The number of rotatable bonds is 5. The minimum absolute atomic E-state index is 0.697. The van der Waals surface area contributed by atoms with E-state index >= 15 is 0 Å². The third kappa shape index (κ3) is 2.94. The predicted molar refractivity (Wildman–Crippen MR) is 69.6 cm³/mol. The van der Waals surface area contributed by atoms with Gasteiger partial charge in [0.1, 0.15) is 10.8 Å². The lowest BCUT2D eigenvalue weighted by Crippen LogP contribution is -2.01. The molecule has 2 rings (SSSR count). The molecule has 0 amide bonds. The molecule has 0 atom stereocenters. The molecular weight excluding hydrogens is 234 g/mol. The van der Waals surface area contributed by atoms with Gasteiger partial charge in [-0.2, -0.15) is 0 Å². The van der Waals surface area contributed by atoms with E-state index in [1.807, 2.05) is 24.3 Å². The van der Waals surface area contributed by atoms with E-state index in [1.165, 1.54) is 0 Å². The van der Waals surface area contributed by atoms with Crippen LogP contribution in [0.5, 0.6) is 5.75 Å². The minimum atomic E-state index is 0.697. The van der Waals surface area contributed by atoms with Crippen LogP contribution in [0.1, 0.15) is 17.5 Å². The van der Waals surface area contributed by atoms with Gasteiger partial charge in [-0.25, -0.2) is 0 Å². The molecule has 0 aliphatic heterocycles. The lowest BCUT2D eigenvalue weighted by Gasteiger charge is -2.07. The molecule has 0 spiro atoms. The zero-order valence-corrected chi connectivity index (χ0v) is 10.8. The van der Waals surface area contributed by atoms with Crippen LogP contribution in [0.3, 0.4) is 0 Å². The monoisotopic (exact) mass is 249 g/mol. The largest absolute Gasteiger partial charge is 0.496 e. The highest BCUT2D eigenvalue weighted by molar-refractivity contribution is 7.15. The van der Waals surface area contributed by atoms with Crippen molar-refractivity contribution in [2.45, 2.75) is 19.9 Å². The summed E-state index contributed by atoms with van der Waals surface area (Å²) < 4.78 is 5.29. The number of aromatic nitrogens is 2. The fourth-order valence-electron chi connectivity index (χ4n) is 1.49. The molecule has 17 heavy (non-hydrogen) atoms. The first-order chi connectivity index (χ1) is 8.33. The van der Waals surface area contributed by atoms with Gasteiger partial charge in [0.05, 0.1) is 7.11 Å². The predicted octanol–water partition coefficient (Wildman–Crippen LogP) is 2.72. The Bertz CT molecular complexity index is 484. The summed E-state index contributed by atoms with van der Waals surface area (Å²) in [4.78, 5) is 0. The van der Waals surface area contributed by atoms with Crippen molar-refractivity contribution < 1.29 is 4.74 Å².